The Kier molecular flexibility index (Phi) is 11.4. The van der Waals surface area contributed by atoms with Gasteiger partial charge in [-0.25, -0.2) is 9.98 Å². The SMILES string of the molecule is CCNC(=NCc1ccc(Oc2ccccc2OCC)nc1)NCC(CCO)CC(C)C. The first-order chi connectivity index (χ1) is 15.5. The number of nitrogens with zero attached hydrogens (tertiary/aromatic N) is 2. The lowest BCUT2D eigenvalue weighted by Crippen LogP contribution is -2.40. The first-order valence-electron chi connectivity index (χ1n) is 11.5. The average Bonchev–Trinajstić information content (AvgIpc) is 2.78. The van der Waals surface area contributed by atoms with Crippen LogP contribution in [0.1, 0.15) is 46.1 Å². The average molecular weight is 443 g/mol. The molecule has 32 heavy (non-hydrogen) atoms. The van der Waals surface area contributed by atoms with Crippen LogP contribution >= 0.6 is 0 Å². The van der Waals surface area contributed by atoms with Gasteiger partial charge in [0.2, 0.25) is 5.88 Å². The highest BCUT2D eigenvalue weighted by Gasteiger charge is 2.11. The molecular weight excluding hydrogens is 404 g/mol. The highest BCUT2D eigenvalue weighted by atomic mass is 16.5. The van der Waals surface area contributed by atoms with Crippen LogP contribution in [-0.2, 0) is 6.54 Å². The number of aromatic nitrogens is 1. The fourth-order valence-corrected chi connectivity index (χ4v) is 3.39. The molecule has 2 rings (SSSR count). The Bertz CT molecular complexity index is 809. The third kappa shape index (κ3) is 9.14. The highest BCUT2D eigenvalue weighted by Crippen LogP contribution is 2.30. The van der Waals surface area contributed by atoms with E-state index in [4.69, 9.17) is 9.47 Å². The quantitative estimate of drug-likeness (QED) is 0.315. The van der Waals surface area contributed by atoms with E-state index in [1.54, 1.807) is 6.20 Å². The number of pyridine rings is 1. The molecular formula is C25H38N4O3. The molecule has 7 heteroatoms. The number of nitrogens with one attached hydrogen (secondary N) is 2. The second-order valence-electron chi connectivity index (χ2n) is 8.07. The molecule has 1 atom stereocenters. The van der Waals surface area contributed by atoms with Crippen LogP contribution in [0.3, 0.4) is 0 Å². The van der Waals surface area contributed by atoms with Gasteiger partial charge < -0.3 is 25.2 Å². The lowest BCUT2D eigenvalue weighted by molar-refractivity contribution is 0.243. The van der Waals surface area contributed by atoms with Crippen molar-refractivity contribution in [2.24, 2.45) is 16.8 Å². The first kappa shape index (κ1) is 25.5. The number of para-hydroxylation sites is 2. The van der Waals surface area contributed by atoms with E-state index in [1.807, 2.05) is 50.2 Å². The van der Waals surface area contributed by atoms with Gasteiger partial charge in [-0.3, -0.25) is 0 Å². The molecule has 7 nitrogen and oxygen atoms in total. The predicted molar refractivity (Wildman–Crippen MR) is 129 cm³/mol. The largest absolute Gasteiger partial charge is 0.490 e. The molecule has 3 N–H and O–H groups in total. The number of guanidine groups is 1. The van der Waals surface area contributed by atoms with Gasteiger partial charge in [-0.15, -0.1) is 0 Å². The zero-order valence-corrected chi connectivity index (χ0v) is 19.8. The summed E-state index contributed by atoms with van der Waals surface area (Å²) in [6, 6.07) is 11.4. The van der Waals surface area contributed by atoms with Crippen LogP contribution in [0.15, 0.2) is 47.6 Å². The number of hydrogen-bond donors (Lipinski definition) is 3. The summed E-state index contributed by atoms with van der Waals surface area (Å²) in [4.78, 5) is 9.09. The summed E-state index contributed by atoms with van der Waals surface area (Å²) in [7, 11) is 0. The minimum absolute atomic E-state index is 0.210. The molecule has 0 bridgehead atoms. The second kappa shape index (κ2) is 14.3. The van der Waals surface area contributed by atoms with Gasteiger partial charge in [0.15, 0.2) is 17.5 Å². The van der Waals surface area contributed by atoms with Gasteiger partial charge in [0.05, 0.1) is 13.2 Å². The second-order valence-corrected chi connectivity index (χ2v) is 8.07. The van der Waals surface area contributed by atoms with Crippen LogP contribution in [0.2, 0.25) is 0 Å². The third-order valence-corrected chi connectivity index (χ3v) is 4.83. The van der Waals surface area contributed by atoms with Crippen molar-refractivity contribution in [3.63, 3.8) is 0 Å². The molecule has 0 aliphatic rings. The lowest BCUT2D eigenvalue weighted by Gasteiger charge is -2.20. The van der Waals surface area contributed by atoms with Crippen molar-refractivity contribution in [2.45, 2.75) is 47.1 Å². The Labute approximate surface area is 192 Å². The van der Waals surface area contributed by atoms with Gasteiger partial charge >= 0.3 is 0 Å². The molecule has 0 saturated heterocycles. The van der Waals surface area contributed by atoms with Crippen molar-refractivity contribution in [2.75, 3.05) is 26.3 Å². The van der Waals surface area contributed by atoms with Crippen LogP contribution in [0.25, 0.3) is 0 Å². The fraction of sp³-hybridized carbons (Fsp3) is 0.520. The van der Waals surface area contributed by atoms with Gasteiger partial charge in [-0.2, -0.15) is 0 Å². The highest BCUT2D eigenvalue weighted by molar-refractivity contribution is 5.79. The van der Waals surface area contributed by atoms with Gasteiger partial charge in [0, 0.05) is 32.0 Å². The van der Waals surface area contributed by atoms with E-state index in [9.17, 15) is 5.11 Å². The van der Waals surface area contributed by atoms with E-state index in [1.165, 1.54) is 0 Å². The van der Waals surface area contributed by atoms with E-state index in [0.29, 0.717) is 42.4 Å². The summed E-state index contributed by atoms with van der Waals surface area (Å²) in [5, 5.41) is 16.0. The van der Waals surface area contributed by atoms with E-state index in [-0.39, 0.29) is 6.61 Å². The summed E-state index contributed by atoms with van der Waals surface area (Å²) in [6.07, 6.45) is 3.65. The molecule has 176 valence electrons. The number of aliphatic hydroxyl groups is 1. The van der Waals surface area contributed by atoms with Crippen molar-refractivity contribution in [3.8, 4) is 17.4 Å². The Morgan fingerprint density at radius 2 is 1.88 bits per heavy atom. The Balaban J connectivity index is 1.96. The van der Waals surface area contributed by atoms with Gasteiger partial charge in [-0.1, -0.05) is 32.0 Å². The number of aliphatic imine (C=N–C) groups is 1. The summed E-state index contributed by atoms with van der Waals surface area (Å²) < 4.78 is 11.5. The Hall–Kier alpha value is -2.80. The predicted octanol–water partition coefficient (Wildman–Crippen LogP) is 4.37. The molecule has 0 fully saturated rings. The maximum Gasteiger partial charge on any atom is 0.219 e. The van der Waals surface area contributed by atoms with Crippen LogP contribution in [0.4, 0.5) is 0 Å². The van der Waals surface area contributed by atoms with E-state index >= 15 is 0 Å². The Morgan fingerprint density at radius 3 is 2.50 bits per heavy atom. The van der Waals surface area contributed by atoms with E-state index in [2.05, 4.69) is 34.5 Å². The van der Waals surface area contributed by atoms with E-state index in [0.717, 1.165) is 37.5 Å². The van der Waals surface area contributed by atoms with Crippen LogP contribution in [0, 0.1) is 11.8 Å². The molecule has 0 radical (unpaired) electrons. The van der Waals surface area contributed by atoms with Crippen molar-refractivity contribution >= 4 is 5.96 Å². The number of rotatable bonds is 13. The molecule has 1 heterocycles. The zero-order chi connectivity index (χ0) is 23.2. The third-order valence-electron chi connectivity index (χ3n) is 4.83. The molecule has 0 amide bonds. The molecule has 1 aromatic heterocycles. The first-order valence-corrected chi connectivity index (χ1v) is 11.5. The molecule has 2 aromatic rings. The van der Waals surface area contributed by atoms with Crippen LogP contribution in [-0.4, -0.2) is 42.4 Å². The van der Waals surface area contributed by atoms with Gasteiger partial charge in [0.1, 0.15) is 0 Å². The summed E-state index contributed by atoms with van der Waals surface area (Å²) >= 11 is 0. The van der Waals surface area contributed by atoms with Gasteiger partial charge in [0.25, 0.3) is 0 Å². The smallest absolute Gasteiger partial charge is 0.219 e. The molecule has 1 aromatic carbocycles. The fourth-order valence-electron chi connectivity index (χ4n) is 3.39. The summed E-state index contributed by atoms with van der Waals surface area (Å²) in [6.45, 7) is 11.3. The molecule has 0 spiro atoms. The maximum atomic E-state index is 9.33. The van der Waals surface area contributed by atoms with Crippen molar-refractivity contribution in [1.82, 2.24) is 15.6 Å². The number of hydrogen-bond acceptors (Lipinski definition) is 5. The lowest BCUT2D eigenvalue weighted by atomic mass is 9.94. The van der Waals surface area contributed by atoms with Crippen LogP contribution < -0.4 is 20.1 Å². The zero-order valence-electron chi connectivity index (χ0n) is 19.8. The van der Waals surface area contributed by atoms with E-state index < -0.39 is 0 Å². The van der Waals surface area contributed by atoms with Crippen molar-refractivity contribution in [1.29, 1.82) is 0 Å². The minimum atomic E-state index is 0.210. The summed E-state index contributed by atoms with van der Waals surface area (Å²) in [5.41, 5.74) is 0.988. The van der Waals surface area contributed by atoms with Crippen molar-refractivity contribution in [3.05, 3.63) is 48.2 Å². The molecule has 0 aliphatic carbocycles. The molecule has 0 saturated carbocycles. The van der Waals surface area contributed by atoms with Crippen LogP contribution in [0.5, 0.6) is 17.4 Å². The normalized spacial score (nSPS) is 12.5. The van der Waals surface area contributed by atoms with Crippen molar-refractivity contribution < 1.29 is 14.6 Å². The topological polar surface area (TPSA) is 88.0 Å². The van der Waals surface area contributed by atoms with Gasteiger partial charge in [-0.05, 0) is 56.2 Å². The standard InChI is InChI=1S/C25H38N4O3/c1-5-26-25(28-16-20(13-14-30)15-19(3)4)29-18-21-11-12-24(27-17-21)32-23-10-8-7-9-22(23)31-6-2/h7-12,17,19-20,30H,5-6,13-16,18H2,1-4H3,(H2,26,28,29). The number of aliphatic hydroxyl groups excluding tert-OH is 1. The summed E-state index contributed by atoms with van der Waals surface area (Å²) in [5.74, 6) is 3.64. The number of ether oxygens (including phenoxy) is 2. The molecule has 0 aliphatic heterocycles. The Morgan fingerprint density at radius 1 is 1.09 bits per heavy atom. The maximum absolute atomic E-state index is 9.33. The number of benzene rings is 1. The molecule has 1 unspecified atom stereocenters. The monoisotopic (exact) mass is 442 g/mol. The minimum Gasteiger partial charge on any atom is -0.490 e.